The largest absolute Gasteiger partial charge is 0.462 e. The van der Waals surface area contributed by atoms with Crippen LogP contribution in [-0.4, -0.2) is 42.1 Å². The molecule has 0 heterocycles. The maximum Gasteiger partial charge on any atom is 0.306 e. The molecule has 1 N–H and O–H groups in total. The third kappa shape index (κ3) is 31.0. The van der Waals surface area contributed by atoms with Gasteiger partial charge in [-0.3, -0.25) is 14.4 Å². The number of ether oxygens (including phenoxy) is 2. The van der Waals surface area contributed by atoms with Crippen LogP contribution in [-0.2, 0) is 23.9 Å². The normalized spacial score (nSPS) is 12.8. The molecule has 0 saturated heterocycles. The molecule has 1 atom stereocenters. The minimum absolute atomic E-state index is 0.113. The number of unbranched alkanes of at least 4 members (excludes halogenated alkanes) is 11. The Hall–Kier alpha value is -2.47. The van der Waals surface area contributed by atoms with Gasteiger partial charge in [-0.2, -0.15) is 0 Å². The molecular formula is C38H64O6. The van der Waals surface area contributed by atoms with E-state index in [2.05, 4.69) is 39.0 Å². The van der Waals surface area contributed by atoms with Crippen LogP contribution in [0, 0.1) is 5.92 Å². The standard InChI is InChI=1S/C38H64O6/c1-4-5-22-28-35(40)29-24-19-15-11-7-6-8-12-16-20-25-30-37(41)43-33-36(32-39)44-38(42)31-26-21-17-13-9-10-14-18-23-27-34(2)3/h6-7,12,15-16,19,24,29,34,36,39H,4-5,8-11,13-14,17-18,20-23,25-28,30-33H2,1-3H3/b7-6-,16-12-,19-15-,29-24+/t36-/m0/s1. The van der Waals surface area contributed by atoms with Crippen molar-refractivity contribution >= 4 is 17.7 Å². The fraction of sp³-hybridized carbons (Fsp3) is 0.711. The van der Waals surface area contributed by atoms with E-state index in [1.54, 1.807) is 6.08 Å². The van der Waals surface area contributed by atoms with Crippen molar-refractivity contribution in [2.75, 3.05) is 13.2 Å². The molecule has 0 radical (unpaired) electrons. The monoisotopic (exact) mass is 616 g/mol. The van der Waals surface area contributed by atoms with E-state index in [4.69, 9.17) is 9.47 Å². The van der Waals surface area contributed by atoms with Crippen molar-refractivity contribution in [3.63, 3.8) is 0 Å². The first kappa shape index (κ1) is 41.5. The summed E-state index contributed by atoms with van der Waals surface area (Å²) in [5.41, 5.74) is 0. The number of carbonyl (C=O) groups excluding carboxylic acids is 3. The van der Waals surface area contributed by atoms with Crippen LogP contribution < -0.4 is 0 Å². The van der Waals surface area contributed by atoms with Gasteiger partial charge in [0.15, 0.2) is 11.9 Å². The van der Waals surface area contributed by atoms with Gasteiger partial charge in [-0.1, -0.05) is 134 Å². The van der Waals surface area contributed by atoms with E-state index in [1.807, 2.05) is 24.3 Å². The summed E-state index contributed by atoms with van der Waals surface area (Å²) in [4.78, 5) is 35.8. The first-order chi connectivity index (χ1) is 21.4. The van der Waals surface area contributed by atoms with Crippen LogP contribution in [0.15, 0.2) is 48.6 Å². The quantitative estimate of drug-likeness (QED) is 0.0284. The van der Waals surface area contributed by atoms with Gasteiger partial charge in [0.2, 0.25) is 0 Å². The van der Waals surface area contributed by atoms with Crippen LogP contribution in [0.2, 0.25) is 0 Å². The lowest BCUT2D eigenvalue weighted by atomic mass is 10.0. The van der Waals surface area contributed by atoms with E-state index >= 15 is 0 Å². The Balaban J connectivity index is 3.76. The molecule has 6 heteroatoms. The molecule has 0 rings (SSSR count). The number of aliphatic hydroxyl groups is 1. The maximum absolute atomic E-state index is 12.1. The van der Waals surface area contributed by atoms with Crippen molar-refractivity contribution in [2.45, 2.75) is 155 Å². The number of aliphatic hydroxyl groups excluding tert-OH is 1. The fourth-order valence-corrected chi connectivity index (χ4v) is 4.57. The highest BCUT2D eigenvalue weighted by Crippen LogP contribution is 2.14. The van der Waals surface area contributed by atoms with Crippen LogP contribution in [0.3, 0.4) is 0 Å². The van der Waals surface area contributed by atoms with Gasteiger partial charge in [0.1, 0.15) is 6.61 Å². The molecule has 0 spiro atoms. The summed E-state index contributed by atoms with van der Waals surface area (Å²) < 4.78 is 10.5. The van der Waals surface area contributed by atoms with Gasteiger partial charge in [-0.15, -0.1) is 0 Å². The predicted molar refractivity (Wildman–Crippen MR) is 182 cm³/mol. The summed E-state index contributed by atoms with van der Waals surface area (Å²) in [6.45, 7) is 6.21. The van der Waals surface area contributed by atoms with Gasteiger partial charge in [-0.05, 0) is 50.5 Å². The average molecular weight is 617 g/mol. The third-order valence-electron chi connectivity index (χ3n) is 7.28. The molecule has 0 fully saturated rings. The van der Waals surface area contributed by atoms with Gasteiger partial charge >= 0.3 is 11.9 Å². The molecule has 252 valence electrons. The van der Waals surface area contributed by atoms with E-state index in [-0.39, 0.29) is 37.4 Å². The Kier molecular flexibility index (Phi) is 30.1. The number of hydrogen-bond donors (Lipinski definition) is 1. The van der Waals surface area contributed by atoms with Crippen LogP contribution >= 0.6 is 0 Å². The fourth-order valence-electron chi connectivity index (χ4n) is 4.57. The second kappa shape index (κ2) is 31.9. The lowest BCUT2D eigenvalue weighted by Crippen LogP contribution is -2.28. The second-order valence-corrected chi connectivity index (χ2v) is 12.1. The summed E-state index contributed by atoms with van der Waals surface area (Å²) >= 11 is 0. The predicted octanol–water partition coefficient (Wildman–Crippen LogP) is 9.71. The van der Waals surface area contributed by atoms with Gasteiger partial charge in [0, 0.05) is 19.3 Å². The van der Waals surface area contributed by atoms with Crippen molar-refractivity contribution in [2.24, 2.45) is 5.92 Å². The molecule has 44 heavy (non-hydrogen) atoms. The Morgan fingerprint density at radius 3 is 1.91 bits per heavy atom. The van der Waals surface area contributed by atoms with E-state index in [0.29, 0.717) is 19.3 Å². The SMILES string of the molecule is CCCCCC(=O)/C=C/C=C\C/C=C\C/C=C\CCCC(=O)OC[C@H](CO)OC(=O)CCCCCCCCCCCC(C)C. The van der Waals surface area contributed by atoms with E-state index in [0.717, 1.165) is 63.7 Å². The number of allylic oxidation sites excluding steroid dienone is 8. The van der Waals surface area contributed by atoms with E-state index in [1.165, 1.54) is 44.9 Å². The van der Waals surface area contributed by atoms with E-state index < -0.39 is 6.10 Å². The first-order valence-electron chi connectivity index (χ1n) is 17.5. The minimum atomic E-state index is -0.808. The topological polar surface area (TPSA) is 89.9 Å². The molecule has 0 aromatic carbocycles. The van der Waals surface area contributed by atoms with Gasteiger partial charge in [0.05, 0.1) is 6.61 Å². The molecule has 0 unspecified atom stereocenters. The molecular weight excluding hydrogens is 552 g/mol. The van der Waals surface area contributed by atoms with Crippen LogP contribution in [0.25, 0.3) is 0 Å². The molecule has 0 amide bonds. The molecule has 0 aliphatic heterocycles. The van der Waals surface area contributed by atoms with Gasteiger partial charge < -0.3 is 14.6 Å². The molecule has 0 aliphatic carbocycles. The molecule has 0 aromatic heterocycles. The molecule has 0 aromatic rings. The summed E-state index contributed by atoms with van der Waals surface area (Å²) in [5.74, 6) is 0.297. The highest BCUT2D eigenvalue weighted by atomic mass is 16.6. The second-order valence-electron chi connectivity index (χ2n) is 12.1. The molecule has 0 aliphatic rings. The highest BCUT2D eigenvalue weighted by Gasteiger charge is 2.16. The van der Waals surface area contributed by atoms with E-state index in [9.17, 15) is 19.5 Å². The average Bonchev–Trinajstić information content (AvgIpc) is 3.00. The van der Waals surface area contributed by atoms with Gasteiger partial charge in [-0.25, -0.2) is 0 Å². The number of rotatable bonds is 30. The summed E-state index contributed by atoms with van der Waals surface area (Å²) in [7, 11) is 0. The number of carbonyl (C=O) groups is 3. The number of hydrogen-bond acceptors (Lipinski definition) is 6. The summed E-state index contributed by atoms with van der Waals surface area (Å²) in [5, 5.41) is 9.50. The molecule has 6 nitrogen and oxygen atoms in total. The Labute approximate surface area is 269 Å². The van der Waals surface area contributed by atoms with Crippen molar-refractivity contribution in [3.8, 4) is 0 Å². The van der Waals surface area contributed by atoms with Crippen molar-refractivity contribution in [3.05, 3.63) is 48.6 Å². The zero-order valence-electron chi connectivity index (χ0n) is 28.3. The summed E-state index contributed by atoms with van der Waals surface area (Å²) in [6, 6.07) is 0. The van der Waals surface area contributed by atoms with Gasteiger partial charge in [0.25, 0.3) is 0 Å². The number of ketones is 1. The van der Waals surface area contributed by atoms with Crippen molar-refractivity contribution in [1.82, 2.24) is 0 Å². The lowest BCUT2D eigenvalue weighted by molar-refractivity contribution is -0.161. The Morgan fingerprint density at radius 1 is 0.659 bits per heavy atom. The van der Waals surface area contributed by atoms with Crippen LogP contribution in [0.4, 0.5) is 0 Å². The zero-order chi connectivity index (χ0) is 32.5. The van der Waals surface area contributed by atoms with Crippen molar-refractivity contribution < 1.29 is 29.0 Å². The highest BCUT2D eigenvalue weighted by molar-refractivity contribution is 5.89. The van der Waals surface area contributed by atoms with Crippen LogP contribution in [0.5, 0.6) is 0 Å². The Bertz CT molecular complexity index is 823. The lowest BCUT2D eigenvalue weighted by Gasteiger charge is -2.15. The minimum Gasteiger partial charge on any atom is -0.462 e. The number of esters is 2. The van der Waals surface area contributed by atoms with Crippen molar-refractivity contribution in [1.29, 1.82) is 0 Å². The molecule has 0 bridgehead atoms. The maximum atomic E-state index is 12.1. The third-order valence-corrected chi connectivity index (χ3v) is 7.28. The first-order valence-corrected chi connectivity index (χ1v) is 17.5. The molecule has 0 saturated carbocycles. The van der Waals surface area contributed by atoms with Crippen LogP contribution in [0.1, 0.15) is 149 Å². The summed E-state index contributed by atoms with van der Waals surface area (Å²) in [6.07, 6.45) is 34.4. The Morgan fingerprint density at radius 2 is 1.25 bits per heavy atom. The smallest absolute Gasteiger partial charge is 0.306 e. The zero-order valence-corrected chi connectivity index (χ0v) is 28.3.